The van der Waals surface area contributed by atoms with Gasteiger partial charge in [-0.3, -0.25) is 0 Å². The second kappa shape index (κ2) is 12.2. The van der Waals surface area contributed by atoms with Crippen molar-refractivity contribution in [3.8, 4) is 0 Å². The molecular weight excluding hydrogens is 469 g/mol. The summed E-state index contributed by atoms with van der Waals surface area (Å²) in [6, 6.07) is 7.82. The molecule has 0 aliphatic heterocycles. The maximum atomic E-state index is 15.1. The number of halogens is 3. The Hall–Kier alpha value is -2.38. The van der Waals surface area contributed by atoms with Gasteiger partial charge in [0.25, 0.3) is 0 Å². The first-order chi connectivity index (χ1) is 17.4. The zero-order valence-electron chi connectivity index (χ0n) is 21.0. The number of rotatable bonds is 8. The number of hydrogen-bond donors (Lipinski definition) is 0. The Morgan fingerprint density at radius 2 is 1.39 bits per heavy atom. The van der Waals surface area contributed by atoms with Crippen LogP contribution in [0, 0.1) is 17.5 Å². The molecule has 0 radical (unpaired) electrons. The largest absolute Gasteiger partial charge is 0.459 e. The van der Waals surface area contributed by atoms with Crippen molar-refractivity contribution in [1.29, 1.82) is 0 Å². The molecule has 36 heavy (non-hydrogen) atoms. The average molecular weight is 505 g/mol. The first kappa shape index (κ1) is 26.7. The van der Waals surface area contributed by atoms with E-state index in [0.717, 1.165) is 25.7 Å². The van der Waals surface area contributed by atoms with Crippen molar-refractivity contribution < 1.29 is 32.2 Å². The number of methoxy groups -OCH3 is 1. The molecule has 4 rings (SSSR count). The molecule has 2 aromatic rings. The minimum atomic E-state index is -0.754. The van der Waals surface area contributed by atoms with Gasteiger partial charge in [0.05, 0.1) is 18.3 Å². The third-order valence-corrected chi connectivity index (χ3v) is 7.70. The number of ether oxygens (including phenoxy) is 3. The summed E-state index contributed by atoms with van der Waals surface area (Å²) in [6.07, 6.45) is 5.30. The Labute approximate surface area is 211 Å². The van der Waals surface area contributed by atoms with E-state index in [4.69, 9.17) is 14.2 Å². The molecule has 7 heteroatoms. The van der Waals surface area contributed by atoms with Gasteiger partial charge in [-0.1, -0.05) is 18.2 Å². The van der Waals surface area contributed by atoms with E-state index in [0.29, 0.717) is 49.0 Å². The van der Waals surface area contributed by atoms with Crippen molar-refractivity contribution in [2.75, 3.05) is 13.7 Å². The highest BCUT2D eigenvalue weighted by Crippen LogP contribution is 2.40. The highest BCUT2D eigenvalue weighted by molar-refractivity contribution is 5.89. The van der Waals surface area contributed by atoms with Crippen LogP contribution in [-0.2, 0) is 20.8 Å². The summed E-state index contributed by atoms with van der Waals surface area (Å²) in [4.78, 5) is 12.5. The Bertz CT molecular complexity index is 1040. The van der Waals surface area contributed by atoms with Gasteiger partial charge >= 0.3 is 5.97 Å². The van der Waals surface area contributed by atoms with Crippen molar-refractivity contribution >= 4 is 5.97 Å². The van der Waals surface area contributed by atoms with Crippen molar-refractivity contribution in [3.63, 3.8) is 0 Å². The standard InChI is InChI=1S/C29H35F3O4/c1-3-35-17-18-4-13-25(26(30)16-18)29(33)36-22-11-7-20(8-12-22)24-15-14-23(27(31)28(24)32)19-5-9-21(34-2)10-6-19/h4,13-16,19-22H,3,5-12,17H2,1-2H3. The van der Waals surface area contributed by atoms with Gasteiger partial charge in [-0.05, 0) is 98.9 Å². The van der Waals surface area contributed by atoms with Crippen LogP contribution in [0.2, 0.25) is 0 Å². The molecule has 0 aromatic heterocycles. The SMILES string of the molecule is CCOCc1ccc(C(=O)OC2CCC(c3ccc(C4CCC(OC)CC4)c(F)c3F)CC2)c(F)c1. The molecule has 0 N–H and O–H groups in total. The molecule has 2 aromatic carbocycles. The van der Waals surface area contributed by atoms with Crippen molar-refractivity contribution in [1.82, 2.24) is 0 Å². The molecule has 2 saturated carbocycles. The minimum absolute atomic E-state index is 0.0173. The predicted molar refractivity (Wildman–Crippen MR) is 131 cm³/mol. The molecule has 0 amide bonds. The Kier molecular flexibility index (Phi) is 9.07. The molecule has 0 spiro atoms. The lowest BCUT2D eigenvalue weighted by Gasteiger charge is -2.30. The first-order valence-electron chi connectivity index (χ1n) is 13.0. The van der Waals surface area contributed by atoms with Crippen LogP contribution in [0.5, 0.6) is 0 Å². The maximum Gasteiger partial charge on any atom is 0.341 e. The van der Waals surface area contributed by atoms with E-state index >= 15 is 8.78 Å². The van der Waals surface area contributed by atoms with E-state index in [1.54, 1.807) is 25.3 Å². The molecule has 196 valence electrons. The highest BCUT2D eigenvalue weighted by Gasteiger charge is 2.31. The summed E-state index contributed by atoms with van der Waals surface area (Å²) in [6.45, 7) is 2.65. The number of benzene rings is 2. The van der Waals surface area contributed by atoms with Crippen LogP contribution >= 0.6 is 0 Å². The van der Waals surface area contributed by atoms with Gasteiger partial charge in [-0.25, -0.2) is 18.0 Å². The van der Waals surface area contributed by atoms with Crippen molar-refractivity contribution in [2.24, 2.45) is 0 Å². The maximum absolute atomic E-state index is 15.1. The van der Waals surface area contributed by atoms with Gasteiger partial charge < -0.3 is 14.2 Å². The van der Waals surface area contributed by atoms with Crippen LogP contribution in [0.3, 0.4) is 0 Å². The van der Waals surface area contributed by atoms with Gasteiger partial charge in [0.1, 0.15) is 11.9 Å². The molecule has 0 unspecified atom stereocenters. The highest BCUT2D eigenvalue weighted by atomic mass is 19.2. The third kappa shape index (κ3) is 6.12. The summed E-state index contributed by atoms with van der Waals surface area (Å²) < 4.78 is 60.7. The monoisotopic (exact) mass is 504 g/mol. The zero-order valence-corrected chi connectivity index (χ0v) is 21.0. The molecule has 2 aliphatic carbocycles. The number of carbonyl (C=O) groups excluding carboxylic acids is 1. The quantitative estimate of drug-likeness (QED) is 0.357. The normalized spacial score (nSPS) is 24.5. The van der Waals surface area contributed by atoms with Crippen LogP contribution < -0.4 is 0 Å². The van der Waals surface area contributed by atoms with Gasteiger partial charge in [0.15, 0.2) is 11.6 Å². The van der Waals surface area contributed by atoms with E-state index in [2.05, 4.69) is 0 Å². The minimum Gasteiger partial charge on any atom is -0.459 e. The van der Waals surface area contributed by atoms with Gasteiger partial charge in [-0.2, -0.15) is 0 Å². The molecule has 0 bridgehead atoms. The lowest BCUT2D eigenvalue weighted by molar-refractivity contribution is 0.0189. The molecule has 4 nitrogen and oxygen atoms in total. The summed E-state index contributed by atoms with van der Waals surface area (Å²) in [5.41, 5.74) is 1.39. The fourth-order valence-corrected chi connectivity index (χ4v) is 5.56. The summed E-state index contributed by atoms with van der Waals surface area (Å²) >= 11 is 0. The van der Waals surface area contributed by atoms with E-state index in [1.165, 1.54) is 12.1 Å². The number of esters is 1. The van der Waals surface area contributed by atoms with Crippen LogP contribution in [-0.4, -0.2) is 31.9 Å². The molecule has 0 heterocycles. The molecule has 0 saturated heterocycles. The van der Waals surface area contributed by atoms with E-state index < -0.39 is 23.4 Å². The topological polar surface area (TPSA) is 44.8 Å². The van der Waals surface area contributed by atoms with E-state index in [1.807, 2.05) is 6.92 Å². The van der Waals surface area contributed by atoms with Crippen molar-refractivity contribution in [3.05, 3.63) is 70.0 Å². The molecular formula is C29H35F3O4. The smallest absolute Gasteiger partial charge is 0.341 e. The van der Waals surface area contributed by atoms with Gasteiger partial charge in [-0.15, -0.1) is 0 Å². The van der Waals surface area contributed by atoms with Crippen LogP contribution in [0.1, 0.15) is 97.2 Å². The van der Waals surface area contributed by atoms with E-state index in [9.17, 15) is 9.18 Å². The summed E-state index contributed by atoms with van der Waals surface area (Å²) in [5, 5.41) is 0. The Morgan fingerprint density at radius 1 is 0.833 bits per heavy atom. The van der Waals surface area contributed by atoms with Crippen LogP contribution in [0.15, 0.2) is 30.3 Å². The lowest BCUT2D eigenvalue weighted by Crippen LogP contribution is -2.25. The Morgan fingerprint density at radius 3 is 1.89 bits per heavy atom. The second-order valence-corrected chi connectivity index (χ2v) is 9.91. The molecule has 2 fully saturated rings. The van der Waals surface area contributed by atoms with Crippen molar-refractivity contribution in [2.45, 2.75) is 88.9 Å². The Balaban J connectivity index is 1.33. The predicted octanol–water partition coefficient (Wildman–Crippen LogP) is 7.20. The van der Waals surface area contributed by atoms with Crippen LogP contribution in [0.4, 0.5) is 13.2 Å². The van der Waals surface area contributed by atoms with Gasteiger partial charge in [0, 0.05) is 13.7 Å². The molecule has 0 atom stereocenters. The zero-order chi connectivity index (χ0) is 25.7. The van der Waals surface area contributed by atoms with Crippen LogP contribution in [0.25, 0.3) is 0 Å². The van der Waals surface area contributed by atoms with Gasteiger partial charge in [0.2, 0.25) is 0 Å². The average Bonchev–Trinajstić information content (AvgIpc) is 2.89. The summed E-state index contributed by atoms with van der Waals surface area (Å²) in [5.74, 6) is -2.95. The summed E-state index contributed by atoms with van der Waals surface area (Å²) in [7, 11) is 1.69. The number of carbonyl (C=O) groups is 1. The molecule has 2 aliphatic rings. The van der Waals surface area contributed by atoms with E-state index in [-0.39, 0.29) is 36.2 Å². The fourth-order valence-electron chi connectivity index (χ4n) is 5.56. The lowest BCUT2D eigenvalue weighted by atomic mass is 9.79. The third-order valence-electron chi connectivity index (χ3n) is 7.70. The number of hydrogen-bond acceptors (Lipinski definition) is 4. The second-order valence-electron chi connectivity index (χ2n) is 9.91. The first-order valence-corrected chi connectivity index (χ1v) is 13.0. The fraction of sp³-hybridized carbons (Fsp3) is 0.552.